The van der Waals surface area contributed by atoms with Crippen molar-refractivity contribution >= 4 is 16.9 Å². The van der Waals surface area contributed by atoms with Crippen molar-refractivity contribution in [1.29, 1.82) is 0 Å². The van der Waals surface area contributed by atoms with Gasteiger partial charge in [0.15, 0.2) is 0 Å². The van der Waals surface area contributed by atoms with E-state index >= 15 is 0 Å². The van der Waals surface area contributed by atoms with E-state index in [9.17, 15) is 10.0 Å². The molecule has 0 atom stereocenters. The third-order valence-electron chi connectivity index (χ3n) is 2.07. The summed E-state index contributed by atoms with van der Waals surface area (Å²) in [7, 11) is 0. The summed E-state index contributed by atoms with van der Waals surface area (Å²) in [5.74, 6) is -0.482. The Morgan fingerprint density at radius 2 is 2.12 bits per heavy atom. The van der Waals surface area contributed by atoms with Crippen molar-refractivity contribution in [3.05, 3.63) is 41.9 Å². The molecule has 1 aromatic carbocycles. The first kappa shape index (κ1) is 10.2. The third kappa shape index (κ3) is 1.88. The van der Waals surface area contributed by atoms with Crippen LogP contribution in [0.15, 0.2) is 41.7 Å². The molecule has 82 valence electrons. The maximum atomic E-state index is 10.6. The zero-order valence-electron chi connectivity index (χ0n) is 8.62. The van der Waals surface area contributed by atoms with E-state index in [1.807, 2.05) is 6.07 Å². The van der Waals surface area contributed by atoms with Gasteiger partial charge in [-0.15, -0.1) is 0 Å². The molecule has 0 aliphatic heterocycles. The first-order valence-corrected chi connectivity index (χ1v) is 4.70. The van der Waals surface area contributed by atoms with E-state index < -0.39 is 5.97 Å². The highest BCUT2D eigenvalue weighted by atomic mass is 16.7. The van der Waals surface area contributed by atoms with Gasteiger partial charge in [0.25, 0.3) is 0 Å². The Kier molecular flexibility index (Phi) is 2.59. The van der Waals surface area contributed by atoms with Gasteiger partial charge in [-0.3, -0.25) is 0 Å². The molecule has 2 rings (SSSR count). The highest BCUT2D eigenvalue weighted by molar-refractivity contribution is 5.78. The molecule has 0 aliphatic rings. The van der Waals surface area contributed by atoms with Crippen LogP contribution in [0.3, 0.4) is 0 Å². The van der Waals surface area contributed by atoms with Crippen LogP contribution in [0.4, 0.5) is 0 Å². The number of carbonyl (C=O) groups excluding carboxylic acids is 1. The molecule has 16 heavy (non-hydrogen) atoms. The summed E-state index contributed by atoms with van der Waals surface area (Å²) in [6.07, 6.45) is 1.44. The van der Waals surface area contributed by atoms with E-state index in [0.717, 1.165) is 4.73 Å². The van der Waals surface area contributed by atoms with Gasteiger partial charge < -0.3 is 10.0 Å². The Hall–Kier alpha value is -2.30. The number of hydrogen-bond acceptors (Lipinski definition) is 4. The lowest BCUT2D eigenvalue weighted by Crippen LogP contribution is -2.09. The van der Waals surface area contributed by atoms with E-state index in [1.54, 1.807) is 24.3 Å². The Balaban J connectivity index is 2.67. The molecule has 0 aliphatic carbocycles. The molecule has 0 unspecified atom stereocenters. The monoisotopic (exact) mass is 218 g/mol. The predicted octanol–water partition coefficient (Wildman–Crippen LogP) is 1.26. The summed E-state index contributed by atoms with van der Waals surface area (Å²) >= 11 is 0. The minimum atomic E-state index is -0.482. The van der Waals surface area contributed by atoms with Gasteiger partial charge in [0.1, 0.15) is 5.36 Å². The number of rotatable bonds is 1. The van der Waals surface area contributed by atoms with Crippen molar-refractivity contribution in [2.45, 2.75) is 6.92 Å². The summed E-state index contributed by atoms with van der Waals surface area (Å²) in [6.45, 7) is 1.28. The predicted molar refractivity (Wildman–Crippen MR) is 56.5 cm³/mol. The topological polar surface area (TPSA) is 63.8 Å². The molecule has 1 aromatic heterocycles. The normalized spacial score (nSPS) is 11.7. The van der Waals surface area contributed by atoms with Crippen molar-refractivity contribution in [1.82, 2.24) is 4.73 Å². The summed E-state index contributed by atoms with van der Waals surface area (Å²) in [4.78, 5) is 15.2. The number of nitrogens with zero attached hydrogens (tertiary/aromatic N) is 2. The number of carbonyl (C=O) groups is 1. The highest BCUT2D eigenvalue weighted by Gasteiger charge is 1.99. The minimum absolute atomic E-state index is 0.482. The van der Waals surface area contributed by atoms with Crippen LogP contribution in [0.25, 0.3) is 10.9 Å². The fourth-order valence-corrected chi connectivity index (χ4v) is 1.39. The van der Waals surface area contributed by atoms with E-state index in [0.29, 0.717) is 16.3 Å². The number of aromatic nitrogens is 1. The molecular formula is C11H10N2O3. The lowest BCUT2D eigenvalue weighted by Gasteiger charge is -2.02. The maximum Gasteiger partial charge on any atom is 0.332 e. The van der Waals surface area contributed by atoms with Crippen LogP contribution in [0.2, 0.25) is 0 Å². The maximum absolute atomic E-state index is 10.6. The smallest absolute Gasteiger partial charge is 0.332 e. The van der Waals surface area contributed by atoms with Gasteiger partial charge in [-0.25, -0.2) is 4.79 Å². The SMILES string of the molecule is CC(=O)O/N=c1\ccn(O)c2ccccc12. The van der Waals surface area contributed by atoms with Crippen LogP contribution in [0, 0.1) is 0 Å². The van der Waals surface area contributed by atoms with Crippen molar-refractivity contribution in [2.75, 3.05) is 0 Å². The van der Waals surface area contributed by atoms with E-state index in [-0.39, 0.29) is 0 Å². The molecular weight excluding hydrogens is 208 g/mol. The van der Waals surface area contributed by atoms with Gasteiger partial charge in [-0.05, 0) is 12.1 Å². The Morgan fingerprint density at radius 1 is 1.38 bits per heavy atom. The van der Waals surface area contributed by atoms with Crippen LogP contribution in [-0.4, -0.2) is 15.9 Å². The number of fused-ring (bicyclic) bond motifs is 1. The quantitative estimate of drug-likeness (QED) is 0.445. The van der Waals surface area contributed by atoms with Crippen molar-refractivity contribution < 1.29 is 14.8 Å². The summed E-state index contributed by atoms with van der Waals surface area (Å²) in [5.41, 5.74) is 0.593. The third-order valence-corrected chi connectivity index (χ3v) is 2.07. The van der Waals surface area contributed by atoms with Crippen LogP contribution in [-0.2, 0) is 9.63 Å². The Bertz CT molecular complexity index is 601. The van der Waals surface area contributed by atoms with E-state index in [2.05, 4.69) is 9.99 Å². The number of hydrogen-bond donors (Lipinski definition) is 1. The Labute approximate surface area is 91.1 Å². The lowest BCUT2D eigenvalue weighted by atomic mass is 10.2. The summed E-state index contributed by atoms with van der Waals surface area (Å²) in [5, 5.41) is 14.4. The van der Waals surface area contributed by atoms with Crippen LogP contribution >= 0.6 is 0 Å². The van der Waals surface area contributed by atoms with E-state index in [1.165, 1.54) is 13.1 Å². The molecule has 0 bridgehead atoms. The minimum Gasteiger partial charge on any atom is -0.428 e. The highest BCUT2D eigenvalue weighted by Crippen LogP contribution is 2.07. The van der Waals surface area contributed by atoms with Crippen LogP contribution in [0.1, 0.15) is 6.92 Å². The van der Waals surface area contributed by atoms with Crippen LogP contribution in [0.5, 0.6) is 0 Å². The number of para-hydroxylation sites is 1. The number of pyridine rings is 1. The van der Waals surface area contributed by atoms with Crippen molar-refractivity contribution in [2.24, 2.45) is 5.16 Å². The lowest BCUT2D eigenvalue weighted by molar-refractivity contribution is -0.141. The average molecular weight is 218 g/mol. The second-order valence-corrected chi connectivity index (χ2v) is 3.24. The fourth-order valence-electron chi connectivity index (χ4n) is 1.39. The standard InChI is InChI=1S/C11H10N2O3/c1-8(14)16-12-10-6-7-13(15)11-5-3-2-4-9(10)11/h2-7,15H,1H3/b12-10+. The molecule has 0 saturated carbocycles. The van der Waals surface area contributed by atoms with Gasteiger partial charge >= 0.3 is 5.97 Å². The first-order chi connectivity index (χ1) is 7.68. The molecule has 5 heteroatoms. The molecule has 0 amide bonds. The largest absolute Gasteiger partial charge is 0.428 e. The molecule has 0 fully saturated rings. The zero-order chi connectivity index (χ0) is 11.5. The van der Waals surface area contributed by atoms with Gasteiger partial charge in [0.2, 0.25) is 0 Å². The first-order valence-electron chi connectivity index (χ1n) is 4.70. The second-order valence-electron chi connectivity index (χ2n) is 3.24. The van der Waals surface area contributed by atoms with Crippen LogP contribution < -0.4 is 5.36 Å². The van der Waals surface area contributed by atoms with Crippen molar-refractivity contribution in [3.8, 4) is 0 Å². The molecule has 1 heterocycles. The van der Waals surface area contributed by atoms with Gasteiger partial charge in [-0.1, -0.05) is 23.4 Å². The average Bonchev–Trinajstić information content (AvgIpc) is 2.28. The molecule has 0 saturated heterocycles. The summed E-state index contributed by atoms with van der Waals surface area (Å²) in [6, 6.07) is 8.69. The van der Waals surface area contributed by atoms with Gasteiger partial charge in [-0.2, -0.15) is 4.73 Å². The Morgan fingerprint density at radius 3 is 2.88 bits per heavy atom. The molecule has 5 nitrogen and oxygen atoms in total. The molecule has 2 aromatic rings. The number of benzene rings is 1. The van der Waals surface area contributed by atoms with Crippen molar-refractivity contribution in [3.63, 3.8) is 0 Å². The fraction of sp³-hybridized carbons (Fsp3) is 0.0909. The van der Waals surface area contributed by atoms with Gasteiger partial charge in [0.05, 0.1) is 5.52 Å². The second kappa shape index (κ2) is 4.06. The summed E-state index contributed by atoms with van der Waals surface area (Å²) < 4.78 is 0.988. The molecule has 1 N–H and O–H groups in total. The molecule has 0 spiro atoms. The zero-order valence-corrected chi connectivity index (χ0v) is 8.62. The molecule has 0 radical (unpaired) electrons. The van der Waals surface area contributed by atoms with E-state index in [4.69, 9.17) is 0 Å². The van der Waals surface area contributed by atoms with Gasteiger partial charge in [0, 0.05) is 18.5 Å².